The molecule has 0 amide bonds. The molecule has 0 radical (unpaired) electrons. The highest BCUT2D eigenvalue weighted by Gasteiger charge is 2.21. The third kappa shape index (κ3) is 2.28. The Labute approximate surface area is 87.7 Å². The normalized spacial score (nSPS) is 11.7. The predicted octanol–water partition coefficient (Wildman–Crippen LogP) is 1.74. The second-order valence-corrected chi connectivity index (χ2v) is 4.70. The average molecular weight is 287 g/mol. The van der Waals surface area contributed by atoms with Crippen molar-refractivity contribution in [3.05, 3.63) is 28.0 Å². The topological polar surface area (TPSA) is 54.4 Å². The highest BCUT2D eigenvalue weighted by molar-refractivity contribution is 9.10. The lowest BCUT2D eigenvalue weighted by Crippen LogP contribution is -2.01. The lowest BCUT2D eigenvalue weighted by Gasteiger charge is -2.03. The molecule has 0 atom stereocenters. The number of aliphatic hydroxyl groups excluding tert-OH is 1. The van der Waals surface area contributed by atoms with Gasteiger partial charge in [-0.05, 0) is 12.1 Å². The number of halogens is 3. The van der Waals surface area contributed by atoms with Gasteiger partial charge in [0.05, 0.1) is 6.61 Å². The summed E-state index contributed by atoms with van der Waals surface area (Å²) in [5.74, 6) is -1.27. The number of benzene rings is 1. The van der Waals surface area contributed by atoms with E-state index in [4.69, 9.17) is 5.11 Å². The lowest BCUT2D eigenvalue weighted by molar-refractivity contribution is 0.274. The van der Waals surface area contributed by atoms with Crippen molar-refractivity contribution >= 4 is 26.2 Å². The molecule has 1 aromatic carbocycles. The monoisotopic (exact) mass is 286 g/mol. The maximum atomic E-state index is 13.1. The van der Waals surface area contributed by atoms with E-state index in [9.17, 15) is 16.7 Å². The first kappa shape index (κ1) is 11.5. The van der Waals surface area contributed by atoms with Crippen molar-refractivity contribution in [3.8, 4) is 0 Å². The summed E-state index contributed by atoms with van der Waals surface area (Å²) in [7, 11) is -5.10. The van der Waals surface area contributed by atoms with E-state index < -0.39 is 27.5 Å². The zero-order chi connectivity index (χ0) is 10.9. The van der Waals surface area contributed by atoms with E-state index in [0.717, 1.165) is 6.07 Å². The van der Waals surface area contributed by atoms with Gasteiger partial charge in [0.1, 0.15) is 10.7 Å². The molecule has 1 N–H and O–H groups in total. The van der Waals surface area contributed by atoms with Crippen molar-refractivity contribution in [2.75, 3.05) is 0 Å². The minimum atomic E-state index is -5.10. The highest BCUT2D eigenvalue weighted by Crippen LogP contribution is 2.25. The Morgan fingerprint density at radius 1 is 1.43 bits per heavy atom. The minimum Gasteiger partial charge on any atom is -0.392 e. The van der Waals surface area contributed by atoms with Gasteiger partial charge >= 0.3 is 10.2 Å². The molecule has 7 heteroatoms. The first-order valence-corrected chi connectivity index (χ1v) is 5.57. The summed E-state index contributed by atoms with van der Waals surface area (Å²) in [6, 6.07) is 1.97. The van der Waals surface area contributed by atoms with Gasteiger partial charge in [-0.25, -0.2) is 4.39 Å². The van der Waals surface area contributed by atoms with Crippen molar-refractivity contribution in [2.45, 2.75) is 11.5 Å². The van der Waals surface area contributed by atoms with Crippen molar-refractivity contribution in [1.29, 1.82) is 0 Å². The van der Waals surface area contributed by atoms with E-state index in [1.54, 1.807) is 0 Å². The fourth-order valence-corrected chi connectivity index (χ4v) is 2.18. The second-order valence-electron chi connectivity index (χ2n) is 2.47. The summed E-state index contributed by atoms with van der Waals surface area (Å²) < 4.78 is 46.8. The Morgan fingerprint density at radius 3 is 2.43 bits per heavy atom. The van der Waals surface area contributed by atoms with E-state index in [0.29, 0.717) is 0 Å². The summed E-state index contributed by atoms with van der Waals surface area (Å²) >= 11 is 2.87. The van der Waals surface area contributed by atoms with Gasteiger partial charge in [0.25, 0.3) is 0 Å². The molecule has 0 aliphatic rings. The van der Waals surface area contributed by atoms with Crippen LogP contribution in [0.2, 0.25) is 0 Å². The largest absolute Gasteiger partial charge is 0.392 e. The van der Waals surface area contributed by atoms with Crippen LogP contribution >= 0.6 is 15.9 Å². The SMILES string of the molecule is O=S(=O)(F)c1cc(Br)cc(CO)c1F. The maximum Gasteiger partial charge on any atom is 0.335 e. The van der Waals surface area contributed by atoms with Crippen LogP contribution in [0, 0.1) is 5.82 Å². The van der Waals surface area contributed by atoms with Crippen LogP contribution < -0.4 is 0 Å². The van der Waals surface area contributed by atoms with Crippen LogP contribution in [0.4, 0.5) is 8.28 Å². The van der Waals surface area contributed by atoms with Gasteiger partial charge in [0.15, 0.2) is 0 Å². The van der Waals surface area contributed by atoms with E-state index in [1.165, 1.54) is 6.07 Å². The second kappa shape index (κ2) is 3.92. The molecule has 1 rings (SSSR count). The minimum absolute atomic E-state index is 0.180. The lowest BCUT2D eigenvalue weighted by atomic mass is 10.2. The number of hydrogen-bond acceptors (Lipinski definition) is 3. The zero-order valence-electron chi connectivity index (χ0n) is 6.67. The maximum absolute atomic E-state index is 13.1. The van der Waals surface area contributed by atoms with E-state index >= 15 is 0 Å². The molecule has 0 aliphatic heterocycles. The third-order valence-corrected chi connectivity index (χ3v) is 2.79. The fourth-order valence-electron chi connectivity index (χ4n) is 0.911. The molecule has 3 nitrogen and oxygen atoms in total. The standard InChI is InChI=1S/C7H5BrF2O3S/c8-5-1-4(3-11)7(9)6(2-5)14(10,12)13/h1-2,11H,3H2. The van der Waals surface area contributed by atoms with Gasteiger partial charge in [0, 0.05) is 10.0 Å². The zero-order valence-corrected chi connectivity index (χ0v) is 9.07. The molecule has 0 aromatic heterocycles. The Kier molecular flexibility index (Phi) is 3.23. The van der Waals surface area contributed by atoms with E-state index in [-0.39, 0.29) is 10.0 Å². The Hall–Kier alpha value is -0.530. The van der Waals surface area contributed by atoms with Crippen LogP contribution in [0.1, 0.15) is 5.56 Å². The van der Waals surface area contributed by atoms with Crippen LogP contribution in [-0.4, -0.2) is 13.5 Å². The van der Waals surface area contributed by atoms with Crippen LogP contribution in [0.15, 0.2) is 21.5 Å². The average Bonchev–Trinajstić information content (AvgIpc) is 2.06. The number of aliphatic hydroxyl groups is 1. The van der Waals surface area contributed by atoms with Crippen LogP contribution in [0.3, 0.4) is 0 Å². The van der Waals surface area contributed by atoms with Crippen LogP contribution in [0.5, 0.6) is 0 Å². The molecule has 0 unspecified atom stereocenters. The molecular weight excluding hydrogens is 282 g/mol. The van der Waals surface area contributed by atoms with Crippen molar-refractivity contribution in [2.24, 2.45) is 0 Å². The van der Waals surface area contributed by atoms with Crippen molar-refractivity contribution in [3.63, 3.8) is 0 Å². The molecule has 0 fully saturated rings. The van der Waals surface area contributed by atoms with Gasteiger partial charge in [0.2, 0.25) is 0 Å². The quantitative estimate of drug-likeness (QED) is 0.843. The third-order valence-electron chi connectivity index (χ3n) is 1.51. The summed E-state index contributed by atoms with van der Waals surface area (Å²) in [6.45, 7) is -0.701. The molecule has 0 bridgehead atoms. The summed E-state index contributed by atoms with van der Waals surface area (Å²) in [5, 5.41) is 8.65. The van der Waals surface area contributed by atoms with Crippen LogP contribution in [0.25, 0.3) is 0 Å². The molecule has 0 spiro atoms. The Morgan fingerprint density at radius 2 is 2.00 bits per heavy atom. The molecule has 78 valence electrons. The van der Waals surface area contributed by atoms with E-state index in [1.807, 2.05) is 0 Å². The fraction of sp³-hybridized carbons (Fsp3) is 0.143. The molecule has 0 saturated carbocycles. The predicted molar refractivity (Wildman–Crippen MR) is 48.3 cm³/mol. The first-order valence-electron chi connectivity index (χ1n) is 3.39. The molecule has 1 aromatic rings. The van der Waals surface area contributed by atoms with Gasteiger partial charge in [-0.15, -0.1) is 3.89 Å². The summed E-state index contributed by atoms with van der Waals surface area (Å²) in [4.78, 5) is -1.07. The smallest absolute Gasteiger partial charge is 0.335 e. The number of hydrogen-bond donors (Lipinski definition) is 1. The molecule has 0 aliphatic carbocycles. The molecule has 0 heterocycles. The van der Waals surface area contributed by atoms with Gasteiger partial charge in [-0.3, -0.25) is 0 Å². The number of rotatable bonds is 2. The van der Waals surface area contributed by atoms with Gasteiger partial charge in [-0.1, -0.05) is 15.9 Å². The molecule has 0 saturated heterocycles. The summed E-state index contributed by atoms with van der Waals surface area (Å²) in [6.07, 6.45) is 0. The Balaban J connectivity index is 3.53. The van der Waals surface area contributed by atoms with Crippen molar-refractivity contribution < 1.29 is 21.8 Å². The first-order chi connectivity index (χ1) is 6.36. The van der Waals surface area contributed by atoms with Crippen molar-refractivity contribution in [1.82, 2.24) is 0 Å². The Bertz CT molecular complexity index is 458. The van der Waals surface area contributed by atoms with Crippen LogP contribution in [-0.2, 0) is 16.8 Å². The van der Waals surface area contributed by atoms with E-state index in [2.05, 4.69) is 15.9 Å². The summed E-state index contributed by atoms with van der Waals surface area (Å²) in [5.41, 5.74) is -0.282. The molecule has 14 heavy (non-hydrogen) atoms. The van der Waals surface area contributed by atoms with Gasteiger partial charge < -0.3 is 5.11 Å². The highest BCUT2D eigenvalue weighted by atomic mass is 79.9. The van der Waals surface area contributed by atoms with Gasteiger partial charge in [-0.2, -0.15) is 8.42 Å². The molecular formula is C7H5BrF2O3S.